The van der Waals surface area contributed by atoms with Crippen LogP contribution in [0.1, 0.15) is 45.4 Å². The number of halogens is 1. The van der Waals surface area contributed by atoms with E-state index in [0.717, 1.165) is 19.3 Å². The highest BCUT2D eigenvalue weighted by atomic mass is 35.5. The highest BCUT2D eigenvalue weighted by molar-refractivity contribution is 6.31. The van der Waals surface area contributed by atoms with Crippen LogP contribution in [-0.2, 0) is 14.3 Å². The smallest absolute Gasteiger partial charge is 0.312 e. The monoisotopic (exact) mass is 391 g/mol. The number of esters is 1. The molecule has 4 saturated carbocycles. The first-order valence-corrected chi connectivity index (χ1v) is 10.1. The molecule has 146 valence electrons. The van der Waals surface area contributed by atoms with Gasteiger partial charge < -0.3 is 14.8 Å². The number of nitrogens with one attached hydrogen (secondary N) is 1. The number of carbonyl (C=O) groups excluding carboxylic acids is 2. The van der Waals surface area contributed by atoms with Crippen LogP contribution in [0.5, 0.6) is 5.75 Å². The molecule has 0 spiro atoms. The lowest BCUT2D eigenvalue weighted by molar-refractivity contribution is -0.177. The Morgan fingerprint density at radius 2 is 1.74 bits per heavy atom. The Balaban J connectivity index is 1.42. The maximum absolute atomic E-state index is 13.0. The second-order valence-corrected chi connectivity index (χ2v) is 9.02. The zero-order chi connectivity index (χ0) is 19.2. The van der Waals surface area contributed by atoms with Gasteiger partial charge in [0.2, 0.25) is 0 Å². The van der Waals surface area contributed by atoms with E-state index in [1.54, 1.807) is 25.1 Å². The van der Waals surface area contributed by atoms with Gasteiger partial charge in [0.15, 0.2) is 6.10 Å². The van der Waals surface area contributed by atoms with E-state index in [1.807, 2.05) is 0 Å². The van der Waals surface area contributed by atoms with Crippen molar-refractivity contribution in [2.75, 3.05) is 12.4 Å². The summed E-state index contributed by atoms with van der Waals surface area (Å²) in [6, 6.07) is 4.99. The first-order valence-electron chi connectivity index (χ1n) is 9.74. The lowest BCUT2D eigenvalue weighted by atomic mass is 9.49. The number of ether oxygens (including phenoxy) is 2. The van der Waals surface area contributed by atoms with E-state index in [9.17, 15) is 9.59 Å². The fraction of sp³-hybridized carbons (Fsp3) is 0.619. The van der Waals surface area contributed by atoms with Crippen molar-refractivity contribution >= 4 is 29.2 Å². The molecule has 0 aliphatic heterocycles. The highest BCUT2D eigenvalue weighted by Crippen LogP contribution is 2.60. The Labute approximate surface area is 164 Å². The number of hydrogen-bond acceptors (Lipinski definition) is 4. The van der Waals surface area contributed by atoms with Crippen LogP contribution >= 0.6 is 11.6 Å². The molecular weight excluding hydrogens is 366 g/mol. The minimum atomic E-state index is -0.866. The van der Waals surface area contributed by atoms with E-state index in [4.69, 9.17) is 21.1 Å². The van der Waals surface area contributed by atoms with Crippen LogP contribution < -0.4 is 10.1 Å². The van der Waals surface area contributed by atoms with Crippen molar-refractivity contribution in [1.82, 2.24) is 0 Å². The summed E-state index contributed by atoms with van der Waals surface area (Å²) in [5.41, 5.74) is 0.101. The summed E-state index contributed by atoms with van der Waals surface area (Å²) in [6.45, 7) is 1.62. The van der Waals surface area contributed by atoms with Crippen molar-refractivity contribution in [3.63, 3.8) is 0 Å². The standard InChI is InChI=1S/C21H26ClNO4/c1-12(19(24)23-17-8-16(22)3-4-18(17)26-2)27-20(25)21-9-13-5-14(10-21)7-15(6-13)11-21/h3-4,8,12-15H,5-7,9-11H2,1-2H3,(H,23,24)/t12-,13?,14?,15?,21?/m0/s1. The number of methoxy groups -OCH3 is 1. The number of anilines is 1. The lowest BCUT2D eigenvalue weighted by Crippen LogP contribution is -2.51. The first-order chi connectivity index (χ1) is 12.9. The van der Waals surface area contributed by atoms with E-state index < -0.39 is 6.10 Å². The molecule has 1 aromatic carbocycles. The molecule has 0 heterocycles. The van der Waals surface area contributed by atoms with Crippen molar-refractivity contribution in [2.24, 2.45) is 23.2 Å². The Hall–Kier alpha value is -1.75. The van der Waals surface area contributed by atoms with Crippen LogP contribution in [0.15, 0.2) is 18.2 Å². The van der Waals surface area contributed by atoms with Gasteiger partial charge in [-0.3, -0.25) is 9.59 Å². The lowest BCUT2D eigenvalue weighted by Gasteiger charge is -2.55. The maximum Gasteiger partial charge on any atom is 0.312 e. The third-order valence-corrected chi connectivity index (χ3v) is 6.78. The van der Waals surface area contributed by atoms with Gasteiger partial charge in [-0.15, -0.1) is 0 Å². The minimum absolute atomic E-state index is 0.192. The normalized spacial score (nSPS) is 32.0. The van der Waals surface area contributed by atoms with Gasteiger partial charge in [0.05, 0.1) is 18.2 Å². The van der Waals surface area contributed by atoms with Crippen LogP contribution in [-0.4, -0.2) is 25.1 Å². The average molecular weight is 392 g/mol. The first kappa shape index (κ1) is 18.6. The molecule has 4 bridgehead atoms. The van der Waals surface area contributed by atoms with Crippen LogP contribution in [0.3, 0.4) is 0 Å². The second-order valence-electron chi connectivity index (χ2n) is 8.58. The summed E-state index contributed by atoms with van der Waals surface area (Å²) >= 11 is 6.01. The fourth-order valence-electron chi connectivity index (χ4n) is 5.71. The molecule has 5 nitrogen and oxygen atoms in total. The number of rotatable bonds is 5. The molecular formula is C21H26ClNO4. The quantitative estimate of drug-likeness (QED) is 0.754. The molecule has 1 N–H and O–H groups in total. The van der Waals surface area contributed by atoms with Crippen molar-refractivity contribution in [2.45, 2.75) is 51.6 Å². The van der Waals surface area contributed by atoms with Gasteiger partial charge in [-0.25, -0.2) is 0 Å². The fourth-order valence-corrected chi connectivity index (χ4v) is 5.88. The van der Waals surface area contributed by atoms with E-state index in [1.165, 1.54) is 26.4 Å². The molecule has 1 amide bonds. The van der Waals surface area contributed by atoms with Gasteiger partial charge in [-0.2, -0.15) is 0 Å². The minimum Gasteiger partial charge on any atom is -0.495 e. The zero-order valence-corrected chi connectivity index (χ0v) is 16.6. The Morgan fingerprint density at radius 1 is 1.15 bits per heavy atom. The third-order valence-electron chi connectivity index (χ3n) is 6.54. The molecule has 0 aromatic heterocycles. The molecule has 1 aromatic rings. The number of benzene rings is 1. The predicted octanol–water partition coefficient (Wildman–Crippen LogP) is 4.44. The number of hydrogen-bond donors (Lipinski definition) is 1. The van der Waals surface area contributed by atoms with Crippen LogP contribution in [0.4, 0.5) is 5.69 Å². The molecule has 4 fully saturated rings. The molecule has 4 aliphatic carbocycles. The number of carbonyl (C=O) groups is 2. The van der Waals surface area contributed by atoms with Crippen LogP contribution in [0.2, 0.25) is 5.02 Å². The second kappa shape index (κ2) is 7.01. The predicted molar refractivity (Wildman–Crippen MR) is 103 cm³/mol. The van der Waals surface area contributed by atoms with Crippen LogP contribution in [0.25, 0.3) is 0 Å². The van der Waals surface area contributed by atoms with Crippen LogP contribution in [0, 0.1) is 23.2 Å². The van der Waals surface area contributed by atoms with Crippen molar-refractivity contribution in [3.8, 4) is 5.75 Å². The molecule has 6 heteroatoms. The Morgan fingerprint density at radius 3 is 2.30 bits per heavy atom. The van der Waals surface area contributed by atoms with E-state index in [2.05, 4.69) is 5.32 Å². The molecule has 5 rings (SSSR count). The van der Waals surface area contributed by atoms with Gasteiger partial charge in [-0.1, -0.05) is 11.6 Å². The summed E-state index contributed by atoms with van der Waals surface area (Å²) in [6.07, 6.45) is 5.69. The molecule has 0 saturated heterocycles. The summed E-state index contributed by atoms with van der Waals surface area (Å²) in [7, 11) is 1.52. The third kappa shape index (κ3) is 3.54. The van der Waals surface area contributed by atoms with Gasteiger partial charge in [0.25, 0.3) is 5.91 Å². The Bertz CT molecular complexity index is 727. The largest absolute Gasteiger partial charge is 0.495 e. The topological polar surface area (TPSA) is 64.6 Å². The summed E-state index contributed by atoms with van der Waals surface area (Å²) in [5, 5.41) is 3.25. The highest BCUT2D eigenvalue weighted by Gasteiger charge is 2.55. The molecule has 4 aliphatic rings. The SMILES string of the molecule is COc1ccc(Cl)cc1NC(=O)[C@H](C)OC(=O)C12CC3CC(CC(C3)C1)C2. The summed E-state index contributed by atoms with van der Waals surface area (Å²) in [4.78, 5) is 25.6. The van der Waals surface area contributed by atoms with E-state index in [-0.39, 0.29) is 17.3 Å². The molecule has 27 heavy (non-hydrogen) atoms. The van der Waals surface area contributed by atoms with E-state index >= 15 is 0 Å². The van der Waals surface area contributed by atoms with Crippen molar-refractivity contribution in [3.05, 3.63) is 23.2 Å². The average Bonchev–Trinajstić information content (AvgIpc) is 2.60. The maximum atomic E-state index is 13.0. The molecule has 1 atom stereocenters. The number of amides is 1. The zero-order valence-electron chi connectivity index (χ0n) is 15.8. The molecule has 0 radical (unpaired) electrons. The summed E-state index contributed by atoms with van der Waals surface area (Å²) in [5.74, 6) is 1.90. The van der Waals surface area contributed by atoms with Gasteiger partial charge in [0, 0.05) is 5.02 Å². The molecule has 0 unspecified atom stereocenters. The van der Waals surface area contributed by atoms with E-state index in [0.29, 0.717) is 34.2 Å². The van der Waals surface area contributed by atoms with Gasteiger partial charge in [0.1, 0.15) is 5.75 Å². The van der Waals surface area contributed by atoms with Crippen molar-refractivity contribution in [1.29, 1.82) is 0 Å². The van der Waals surface area contributed by atoms with Crippen molar-refractivity contribution < 1.29 is 19.1 Å². The summed E-state index contributed by atoms with van der Waals surface area (Å²) < 4.78 is 10.9. The Kier molecular flexibility index (Phi) is 4.83. The van der Waals surface area contributed by atoms with Gasteiger partial charge >= 0.3 is 5.97 Å². The van der Waals surface area contributed by atoms with Gasteiger partial charge in [-0.05, 0) is 81.4 Å².